The Hall–Kier alpha value is -1.62. The topological polar surface area (TPSA) is 18.5 Å². The van der Waals surface area contributed by atoms with Crippen LogP contribution in [-0.4, -0.2) is 13.7 Å². The van der Waals surface area contributed by atoms with Gasteiger partial charge in [-0.3, -0.25) is 0 Å². The van der Waals surface area contributed by atoms with Gasteiger partial charge in [-0.25, -0.2) is 0 Å². The average molecular weight is 357 g/mol. The SMILES string of the molecule is COc1ccc(C(Br)c2ccc(OC(F)F)cc2)cc1C. The van der Waals surface area contributed by atoms with Crippen molar-refractivity contribution in [3.05, 3.63) is 59.2 Å². The number of hydrogen-bond acceptors (Lipinski definition) is 2. The van der Waals surface area contributed by atoms with Crippen LogP contribution in [0.4, 0.5) is 8.78 Å². The van der Waals surface area contributed by atoms with Crippen molar-refractivity contribution >= 4 is 15.9 Å². The summed E-state index contributed by atoms with van der Waals surface area (Å²) in [6, 6.07) is 12.5. The van der Waals surface area contributed by atoms with Crippen molar-refractivity contribution in [2.45, 2.75) is 18.4 Å². The highest BCUT2D eigenvalue weighted by Gasteiger charge is 2.12. The van der Waals surface area contributed by atoms with E-state index in [-0.39, 0.29) is 10.6 Å². The summed E-state index contributed by atoms with van der Waals surface area (Å²) in [6.45, 7) is -0.832. The second-order valence-electron chi connectivity index (χ2n) is 4.54. The fourth-order valence-electron chi connectivity index (χ4n) is 2.07. The van der Waals surface area contributed by atoms with Gasteiger partial charge in [-0.1, -0.05) is 40.2 Å². The van der Waals surface area contributed by atoms with Crippen LogP contribution >= 0.6 is 15.9 Å². The van der Waals surface area contributed by atoms with Gasteiger partial charge in [0, 0.05) is 0 Å². The van der Waals surface area contributed by atoms with E-state index in [9.17, 15) is 8.78 Å². The minimum Gasteiger partial charge on any atom is -0.496 e. The van der Waals surface area contributed by atoms with Gasteiger partial charge in [0.15, 0.2) is 0 Å². The molecular weight excluding hydrogens is 342 g/mol. The van der Waals surface area contributed by atoms with Gasteiger partial charge >= 0.3 is 6.61 Å². The fraction of sp³-hybridized carbons (Fsp3) is 0.250. The van der Waals surface area contributed by atoms with Crippen molar-refractivity contribution < 1.29 is 18.3 Å². The van der Waals surface area contributed by atoms with E-state index in [2.05, 4.69) is 20.7 Å². The van der Waals surface area contributed by atoms with E-state index < -0.39 is 6.61 Å². The van der Waals surface area contributed by atoms with E-state index in [0.29, 0.717) is 0 Å². The van der Waals surface area contributed by atoms with Crippen molar-refractivity contribution in [2.75, 3.05) is 7.11 Å². The summed E-state index contributed by atoms with van der Waals surface area (Å²) in [5, 5.41) is 0. The molecule has 2 nitrogen and oxygen atoms in total. The van der Waals surface area contributed by atoms with Crippen LogP contribution in [0, 0.1) is 6.92 Å². The molecule has 0 bridgehead atoms. The third-order valence-electron chi connectivity index (χ3n) is 3.11. The quantitative estimate of drug-likeness (QED) is 0.694. The number of alkyl halides is 3. The number of ether oxygens (including phenoxy) is 2. The molecule has 0 fully saturated rings. The second kappa shape index (κ2) is 6.89. The van der Waals surface area contributed by atoms with Crippen LogP contribution < -0.4 is 9.47 Å². The van der Waals surface area contributed by atoms with Crippen LogP contribution in [0.3, 0.4) is 0 Å². The first kappa shape index (κ1) is 15.8. The predicted molar refractivity (Wildman–Crippen MR) is 81.6 cm³/mol. The third kappa shape index (κ3) is 3.94. The number of rotatable bonds is 5. The molecule has 0 saturated carbocycles. The van der Waals surface area contributed by atoms with E-state index in [0.717, 1.165) is 22.4 Å². The van der Waals surface area contributed by atoms with Crippen LogP contribution in [0.1, 0.15) is 21.5 Å². The van der Waals surface area contributed by atoms with Crippen molar-refractivity contribution in [3.63, 3.8) is 0 Å². The summed E-state index contributed by atoms with van der Waals surface area (Å²) >= 11 is 3.62. The molecule has 2 aromatic carbocycles. The molecule has 0 saturated heterocycles. The van der Waals surface area contributed by atoms with Gasteiger partial charge in [0.05, 0.1) is 11.9 Å². The maximum atomic E-state index is 12.1. The molecule has 5 heteroatoms. The summed E-state index contributed by atoms with van der Waals surface area (Å²) in [6.07, 6.45) is 0. The fourth-order valence-corrected chi connectivity index (χ4v) is 2.66. The maximum Gasteiger partial charge on any atom is 0.387 e. The molecule has 2 aromatic rings. The Morgan fingerprint density at radius 2 is 1.62 bits per heavy atom. The Bertz CT molecular complexity index is 600. The van der Waals surface area contributed by atoms with Gasteiger partial charge in [-0.05, 0) is 41.8 Å². The maximum absolute atomic E-state index is 12.1. The summed E-state index contributed by atoms with van der Waals surface area (Å²) < 4.78 is 33.8. The zero-order chi connectivity index (χ0) is 15.4. The Balaban J connectivity index is 2.19. The van der Waals surface area contributed by atoms with Crippen molar-refractivity contribution in [3.8, 4) is 11.5 Å². The first-order valence-electron chi connectivity index (χ1n) is 6.34. The van der Waals surface area contributed by atoms with Gasteiger partial charge in [-0.2, -0.15) is 8.78 Å². The average Bonchev–Trinajstić information content (AvgIpc) is 2.46. The summed E-state index contributed by atoms with van der Waals surface area (Å²) in [7, 11) is 1.63. The van der Waals surface area contributed by atoms with Crippen LogP contribution in [0.15, 0.2) is 42.5 Å². The lowest BCUT2D eigenvalue weighted by Crippen LogP contribution is -2.02. The predicted octanol–water partition coefficient (Wildman–Crippen LogP) is 5.09. The largest absolute Gasteiger partial charge is 0.496 e. The summed E-state index contributed by atoms with van der Waals surface area (Å²) in [5.41, 5.74) is 3.06. The summed E-state index contributed by atoms with van der Waals surface area (Å²) in [4.78, 5) is -0.0253. The number of halogens is 3. The van der Waals surface area contributed by atoms with E-state index in [1.807, 2.05) is 25.1 Å². The Morgan fingerprint density at radius 1 is 1.00 bits per heavy atom. The van der Waals surface area contributed by atoms with Crippen molar-refractivity contribution in [1.82, 2.24) is 0 Å². The Morgan fingerprint density at radius 3 is 2.14 bits per heavy atom. The van der Waals surface area contributed by atoms with E-state index in [4.69, 9.17) is 4.74 Å². The smallest absolute Gasteiger partial charge is 0.387 e. The minimum atomic E-state index is -2.81. The van der Waals surface area contributed by atoms with Crippen molar-refractivity contribution in [1.29, 1.82) is 0 Å². The second-order valence-corrected chi connectivity index (χ2v) is 5.45. The first-order chi connectivity index (χ1) is 10.0. The molecule has 0 aliphatic heterocycles. The van der Waals surface area contributed by atoms with E-state index in [1.165, 1.54) is 12.1 Å². The molecule has 0 aromatic heterocycles. The molecule has 0 radical (unpaired) electrons. The zero-order valence-electron chi connectivity index (χ0n) is 11.6. The van der Waals surface area contributed by atoms with Gasteiger partial charge in [-0.15, -0.1) is 0 Å². The van der Waals surface area contributed by atoms with Gasteiger partial charge in [0.25, 0.3) is 0 Å². The molecule has 1 atom stereocenters. The van der Waals surface area contributed by atoms with Gasteiger partial charge < -0.3 is 9.47 Å². The van der Waals surface area contributed by atoms with E-state index in [1.54, 1.807) is 19.2 Å². The Kier molecular flexibility index (Phi) is 5.17. The monoisotopic (exact) mass is 356 g/mol. The molecule has 0 aliphatic rings. The van der Waals surface area contributed by atoms with Crippen LogP contribution in [0.5, 0.6) is 11.5 Å². The minimum absolute atomic E-state index is 0.0253. The molecule has 0 heterocycles. The molecular formula is C16H15BrF2O2. The lowest BCUT2D eigenvalue weighted by Gasteiger charge is -2.14. The highest BCUT2D eigenvalue weighted by Crippen LogP contribution is 2.34. The normalized spacial score (nSPS) is 12.3. The van der Waals surface area contributed by atoms with Crippen molar-refractivity contribution in [2.24, 2.45) is 0 Å². The highest BCUT2D eigenvalue weighted by atomic mass is 79.9. The number of hydrogen-bond donors (Lipinski definition) is 0. The molecule has 112 valence electrons. The molecule has 21 heavy (non-hydrogen) atoms. The molecule has 0 N–H and O–H groups in total. The number of aryl methyl sites for hydroxylation is 1. The standard InChI is InChI=1S/C16H15BrF2O2/c1-10-9-12(5-8-14(10)20-2)15(17)11-3-6-13(7-4-11)21-16(18)19/h3-9,15-16H,1-2H3. The van der Waals surface area contributed by atoms with Crippen LogP contribution in [0.2, 0.25) is 0 Å². The van der Waals surface area contributed by atoms with Gasteiger partial charge in [0.1, 0.15) is 11.5 Å². The number of methoxy groups -OCH3 is 1. The van der Waals surface area contributed by atoms with Crippen LogP contribution in [-0.2, 0) is 0 Å². The molecule has 0 spiro atoms. The molecule has 1 unspecified atom stereocenters. The van der Waals surface area contributed by atoms with Gasteiger partial charge in [0.2, 0.25) is 0 Å². The molecule has 0 amide bonds. The first-order valence-corrected chi connectivity index (χ1v) is 7.26. The Labute approximate surface area is 130 Å². The van der Waals surface area contributed by atoms with E-state index >= 15 is 0 Å². The third-order valence-corrected chi connectivity index (χ3v) is 4.17. The number of benzene rings is 2. The zero-order valence-corrected chi connectivity index (χ0v) is 13.2. The summed E-state index contributed by atoms with van der Waals surface area (Å²) in [5.74, 6) is 0.985. The lowest BCUT2D eigenvalue weighted by molar-refractivity contribution is -0.0498. The molecule has 2 rings (SSSR count). The highest BCUT2D eigenvalue weighted by molar-refractivity contribution is 9.09. The van der Waals surface area contributed by atoms with Crippen LogP contribution in [0.25, 0.3) is 0 Å². The molecule has 0 aliphatic carbocycles. The lowest BCUT2D eigenvalue weighted by atomic mass is 10.0.